The van der Waals surface area contributed by atoms with Gasteiger partial charge in [-0.05, 0) is 60.1 Å². The summed E-state index contributed by atoms with van der Waals surface area (Å²) in [5.41, 5.74) is 6.21. The van der Waals surface area contributed by atoms with Gasteiger partial charge in [0.1, 0.15) is 0 Å². The fourth-order valence-electron chi connectivity index (χ4n) is 3.00. The molecule has 0 aliphatic carbocycles. The van der Waals surface area contributed by atoms with Crippen LogP contribution < -0.4 is 0 Å². The average molecular weight is 393 g/mol. The minimum atomic E-state index is -0.365. The number of benzene rings is 2. The van der Waals surface area contributed by atoms with Gasteiger partial charge in [-0.15, -0.1) is 0 Å². The molecule has 1 unspecified atom stereocenters. The molecule has 0 heterocycles. The molecule has 3 nitrogen and oxygen atoms in total. The summed E-state index contributed by atoms with van der Waals surface area (Å²) in [5.74, 6) is 0. The number of aliphatic hydroxyl groups excluding tert-OH is 3. The minimum Gasteiger partial charge on any atom is -0.392 e. The molecule has 2 aromatic rings. The lowest BCUT2D eigenvalue weighted by Crippen LogP contribution is -1.97. The van der Waals surface area contributed by atoms with Gasteiger partial charge >= 0.3 is 0 Å². The van der Waals surface area contributed by atoms with E-state index in [4.69, 9.17) is 0 Å². The van der Waals surface area contributed by atoms with E-state index in [0.29, 0.717) is 0 Å². The van der Waals surface area contributed by atoms with Gasteiger partial charge in [0.2, 0.25) is 0 Å². The lowest BCUT2D eigenvalue weighted by atomic mass is 10.0. The zero-order chi connectivity index (χ0) is 21.1. The van der Waals surface area contributed by atoms with Gasteiger partial charge in [-0.2, -0.15) is 0 Å². The van der Waals surface area contributed by atoms with Gasteiger partial charge in [0.25, 0.3) is 0 Å². The zero-order valence-corrected chi connectivity index (χ0v) is 17.4. The van der Waals surface area contributed by atoms with E-state index in [0.717, 1.165) is 41.5 Å². The molecule has 0 saturated heterocycles. The number of rotatable bonds is 10. The van der Waals surface area contributed by atoms with Crippen molar-refractivity contribution in [1.82, 2.24) is 0 Å². The van der Waals surface area contributed by atoms with Crippen molar-refractivity contribution < 1.29 is 15.3 Å². The van der Waals surface area contributed by atoms with Crippen LogP contribution in [-0.2, 0) is 19.6 Å². The summed E-state index contributed by atoms with van der Waals surface area (Å²) in [7, 11) is 0. The van der Waals surface area contributed by atoms with Crippen LogP contribution in [0.4, 0.5) is 0 Å². The van der Waals surface area contributed by atoms with Crippen LogP contribution in [0, 0.1) is 0 Å². The first-order chi connectivity index (χ1) is 14.0. The van der Waals surface area contributed by atoms with Crippen molar-refractivity contribution in [3.63, 3.8) is 0 Å². The normalized spacial score (nSPS) is 13.5. The fourth-order valence-corrected chi connectivity index (χ4v) is 3.00. The van der Waals surface area contributed by atoms with E-state index in [9.17, 15) is 15.3 Å². The van der Waals surface area contributed by atoms with Crippen molar-refractivity contribution in [2.75, 3.05) is 0 Å². The summed E-state index contributed by atoms with van der Waals surface area (Å²) >= 11 is 0. The molecule has 2 rings (SSSR count). The van der Waals surface area contributed by atoms with Crippen molar-refractivity contribution in [1.29, 1.82) is 0 Å². The highest BCUT2D eigenvalue weighted by atomic mass is 16.3. The first-order valence-electron chi connectivity index (χ1n) is 10.2. The summed E-state index contributed by atoms with van der Waals surface area (Å²) in [6, 6.07) is 14.2. The summed E-state index contributed by atoms with van der Waals surface area (Å²) < 4.78 is 0. The van der Waals surface area contributed by atoms with Crippen molar-refractivity contribution in [3.8, 4) is 0 Å². The Bertz CT molecular complexity index is 862. The van der Waals surface area contributed by atoms with Gasteiger partial charge in [-0.1, -0.05) is 79.3 Å². The third kappa shape index (κ3) is 7.82. The van der Waals surface area contributed by atoms with Crippen LogP contribution in [-0.4, -0.2) is 21.4 Å². The maximum Gasteiger partial charge on any atom is 0.0721 e. The van der Waals surface area contributed by atoms with Gasteiger partial charge < -0.3 is 15.3 Å². The van der Waals surface area contributed by atoms with Crippen molar-refractivity contribution in [3.05, 3.63) is 94.1 Å². The topological polar surface area (TPSA) is 60.7 Å². The minimum absolute atomic E-state index is 0.0647. The van der Waals surface area contributed by atoms with E-state index >= 15 is 0 Å². The smallest absolute Gasteiger partial charge is 0.0721 e. The lowest BCUT2D eigenvalue weighted by Gasteiger charge is -2.06. The predicted octanol–water partition coefficient (Wildman–Crippen LogP) is 5.05. The molecule has 0 aliphatic heterocycles. The molecule has 0 radical (unpaired) electrons. The second-order valence-corrected chi connectivity index (χ2v) is 7.30. The van der Waals surface area contributed by atoms with Crippen LogP contribution in [0.3, 0.4) is 0 Å². The molecule has 154 valence electrons. The molecule has 0 bridgehead atoms. The Labute approximate surface area is 174 Å². The molecule has 2 aromatic carbocycles. The SMILES string of the molecule is CCC(O)C=CC=C(C)CCc1cccc(C=Cc2ccc(CO)c(CO)c2)c1. The molecule has 29 heavy (non-hydrogen) atoms. The van der Waals surface area contributed by atoms with Crippen LogP contribution in [0.1, 0.15) is 54.5 Å². The van der Waals surface area contributed by atoms with Crippen LogP contribution >= 0.6 is 0 Å². The molecule has 0 aliphatic rings. The Hall–Kier alpha value is -2.46. The van der Waals surface area contributed by atoms with Crippen molar-refractivity contribution in [2.45, 2.75) is 52.4 Å². The standard InChI is InChI=1S/C26H32O3/c1-3-26(29)9-4-6-20(2)10-11-21-7-5-8-22(16-21)12-13-23-14-15-24(18-27)25(17-23)19-28/h4-9,12-17,26-29H,3,10-11,18-19H2,1-2H3. The van der Waals surface area contributed by atoms with E-state index in [1.807, 2.05) is 43.4 Å². The van der Waals surface area contributed by atoms with Crippen LogP contribution in [0.2, 0.25) is 0 Å². The van der Waals surface area contributed by atoms with E-state index < -0.39 is 0 Å². The Kier molecular flexibility index (Phi) is 9.58. The maximum absolute atomic E-state index is 9.55. The van der Waals surface area contributed by atoms with Crippen molar-refractivity contribution in [2.24, 2.45) is 0 Å². The highest BCUT2D eigenvalue weighted by Gasteiger charge is 2.01. The molecule has 0 saturated carbocycles. The van der Waals surface area contributed by atoms with Gasteiger partial charge in [0.15, 0.2) is 0 Å². The molecule has 0 amide bonds. The highest BCUT2D eigenvalue weighted by Crippen LogP contribution is 2.17. The Morgan fingerprint density at radius 2 is 1.69 bits per heavy atom. The van der Waals surface area contributed by atoms with Gasteiger partial charge in [0.05, 0.1) is 19.3 Å². The number of allylic oxidation sites excluding steroid dienone is 3. The number of aryl methyl sites for hydroxylation is 1. The maximum atomic E-state index is 9.55. The second-order valence-electron chi connectivity index (χ2n) is 7.30. The third-order valence-electron chi connectivity index (χ3n) is 4.93. The first kappa shape index (κ1) is 22.8. The third-order valence-corrected chi connectivity index (χ3v) is 4.93. The van der Waals surface area contributed by atoms with Crippen LogP contribution in [0.5, 0.6) is 0 Å². The zero-order valence-electron chi connectivity index (χ0n) is 17.4. The average Bonchev–Trinajstić information content (AvgIpc) is 2.76. The first-order valence-corrected chi connectivity index (χ1v) is 10.2. The highest BCUT2D eigenvalue weighted by molar-refractivity contribution is 5.70. The largest absolute Gasteiger partial charge is 0.392 e. The molecule has 3 N–H and O–H groups in total. The molecule has 0 aromatic heterocycles. The van der Waals surface area contributed by atoms with E-state index in [1.54, 1.807) is 0 Å². The van der Waals surface area contributed by atoms with E-state index in [-0.39, 0.29) is 19.3 Å². The molecule has 0 fully saturated rings. The quantitative estimate of drug-likeness (QED) is 0.392. The molecule has 1 atom stereocenters. The number of hydrogen-bond donors (Lipinski definition) is 3. The monoisotopic (exact) mass is 392 g/mol. The number of hydrogen-bond acceptors (Lipinski definition) is 3. The van der Waals surface area contributed by atoms with Gasteiger partial charge in [-0.25, -0.2) is 0 Å². The van der Waals surface area contributed by atoms with Gasteiger partial charge in [-0.3, -0.25) is 0 Å². The van der Waals surface area contributed by atoms with E-state index in [1.165, 1.54) is 11.1 Å². The van der Waals surface area contributed by atoms with Gasteiger partial charge in [0, 0.05) is 0 Å². The Morgan fingerprint density at radius 1 is 0.966 bits per heavy atom. The summed E-state index contributed by atoms with van der Waals surface area (Å²) in [6.07, 6.45) is 12.2. The van der Waals surface area contributed by atoms with Crippen molar-refractivity contribution >= 4 is 12.2 Å². The Morgan fingerprint density at radius 3 is 2.38 bits per heavy atom. The molecular formula is C26H32O3. The second kappa shape index (κ2) is 12.2. The molecule has 0 spiro atoms. The van der Waals surface area contributed by atoms with Crippen LogP contribution in [0.15, 0.2) is 66.3 Å². The molecule has 3 heteroatoms. The Balaban J connectivity index is 2.00. The fraction of sp³-hybridized carbons (Fsp3) is 0.308. The summed E-state index contributed by atoms with van der Waals surface area (Å²) in [6.45, 7) is 3.93. The summed E-state index contributed by atoms with van der Waals surface area (Å²) in [4.78, 5) is 0. The summed E-state index contributed by atoms with van der Waals surface area (Å²) in [5, 5.41) is 28.3. The number of aliphatic hydroxyl groups is 3. The molecular weight excluding hydrogens is 360 g/mol. The van der Waals surface area contributed by atoms with E-state index in [2.05, 4.69) is 43.3 Å². The predicted molar refractivity (Wildman–Crippen MR) is 121 cm³/mol. The lowest BCUT2D eigenvalue weighted by molar-refractivity contribution is 0.219. The van der Waals surface area contributed by atoms with Crippen LogP contribution in [0.25, 0.3) is 12.2 Å².